The summed E-state index contributed by atoms with van der Waals surface area (Å²) in [6.07, 6.45) is 0. The van der Waals surface area contributed by atoms with Crippen LogP contribution in [0.4, 0.5) is 5.69 Å². The SMILES string of the molecule is COc1ccc(NC(=O)c2nnc(CNS(=O)(=O)c3ccc(C(C)C)cc3)s2)cc1. The number of hydrogen-bond donors (Lipinski definition) is 2. The summed E-state index contributed by atoms with van der Waals surface area (Å²) in [5.74, 6) is 0.576. The van der Waals surface area contributed by atoms with Gasteiger partial charge in [-0.25, -0.2) is 13.1 Å². The highest BCUT2D eigenvalue weighted by Crippen LogP contribution is 2.19. The fourth-order valence-electron chi connectivity index (χ4n) is 2.55. The van der Waals surface area contributed by atoms with E-state index in [0.29, 0.717) is 22.4 Å². The van der Waals surface area contributed by atoms with Crippen LogP contribution in [0, 0.1) is 0 Å². The molecule has 158 valence electrons. The highest BCUT2D eigenvalue weighted by Gasteiger charge is 2.17. The van der Waals surface area contributed by atoms with Gasteiger partial charge >= 0.3 is 0 Å². The molecule has 0 saturated carbocycles. The Kier molecular flexibility index (Phi) is 6.80. The number of carbonyl (C=O) groups excluding carboxylic acids is 1. The number of rotatable bonds is 8. The van der Waals surface area contributed by atoms with E-state index in [9.17, 15) is 13.2 Å². The fourth-order valence-corrected chi connectivity index (χ4v) is 4.30. The maximum atomic E-state index is 12.5. The molecule has 2 aromatic carbocycles. The minimum Gasteiger partial charge on any atom is -0.497 e. The predicted octanol–water partition coefficient (Wildman–Crippen LogP) is 3.40. The van der Waals surface area contributed by atoms with Crippen molar-refractivity contribution in [2.24, 2.45) is 0 Å². The number of hydrogen-bond acceptors (Lipinski definition) is 7. The van der Waals surface area contributed by atoms with E-state index < -0.39 is 15.9 Å². The normalized spacial score (nSPS) is 11.5. The van der Waals surface area contributed by atoms with Gasteiger partial charge in [0, 0.05) is 5.69 Å². The fraction of sp³-hybridized carbons (Fsp3) is 0.250. The van der Waals surface area contributed by atoms with Crippen molar-refractivity contribution in [1.82, 2.24) is 14.9 Å². The van der Waals surface area contributed by atoms with Crippen molar-refractivity contribution in [2.45, 2.75) is 31.2 Å². The average molecular weight is 447 g/mol. The lowest BCUT2D eigenvalue weighted by molar-refractivity contribution is 0.102. The molecule has 8 nitrogen and oxygen atoms in total. The molecule has 0 unspecified atom stereocenters. The molecule has 10 heteroatoms. The highest BCUT2D eigenvalue weighted by molar-refractivity contribution is 7.89. The van der Waals surface area contributed by atoms with Gasteiger partial charge in [0.1, 0.15) is 10.8 Å². The first-order valence-electron chi connectivity index (χ1n) is 9.16. The van der Waals surface area contributed by atoms with Crippen molar-refractivity contribution >= 4 is 33.0 Å². The maximum Gasteiger partial charge on any atom is 0.286 e. The number of nitrogens with one attached hydrogen (secondary N) is 2. The number of nitrogens with zero attached hydrogens (tertiary/aromatic N) is 2. The number of ether oxygens (including phenoxy) is 1. The van der Waals surface area contributed by atoms with Crippen molar-refractivity contribution in [3.63, 3.8) is 0 Å². The third kappa shape index (κ3) is 5.41. The second-order valence-electron chi connectivity index (χ2n) is 6.73. The molecule has 1 amide bonds. The van der Waals surface area contributed by atoms with Crippen molar-refractivity contribution < 1.29 is 17.9 Å². The van der Waals surface area contributed by atoms with E-state index in [1.54, 1.807) is 55.6 Å². The zero-order valence-corrected chi connectivity index (χ0v) is 18.4. The average Bonchev–Trinajstić information content (AvgIpc) is 3.22. The number of carbonyl (C=O) groups is 1. The van der Waals surface area contributed by atoms with Gasteiger partial charge in [-0.05, 0) is 47.9 Å². The summed E-state index contributed by atoms with van der Waals surface area (Å²) in [5, 5.41) is 11.0. The van der Waals surface area contributed by atoms with Crippen LogP contribution in [0.25, 0.3) is 0 Å². The largest absolute Gasteiger partial charge is 0.497 e. The van der Waals surface area contributed by atoms with Crippen LogP contribution < -0.4 is 14.8 Å². The van der Waals surface area contributed by atoms with E-state index in [1.807, 2.05) is 13.8 Å². The Morgan fingerprint density at radius 1 is 1.07 bits per heavy atom. The quantitative estimate of drug-likeness (QED) is 0.549. The lowest BCUT2D eigenvalue weighted by Crippen LogP contribution is -2.23. The second kappa shape index (κ2) is 9.33. The van der Waals surface area contributed by atoms with Crippen LogP contribution in [-0.2, 0) is 16.6 Å². The zero-order valence-electron chi connectivity index (χ0n) is 16.7. The Hall–Kier alpha value is -2.82. The molecule has 1 heterocycles. The Labute approximate surface area is 179 Å². The van der Waals surface area contributed by atoms with Gasteiger partial charge in [0.05, 0.1) is 18.6 Å². The molecule has 0 aliphatic carbocycles. The highest BCUT2D eigenvalue weighted by atomic mass is 32.2. The van der Waals surface area contributed by atoms with E-state index in [4.69, 9.17) is 4.74 Å². The number of benzene rings is 2. The molecule has 30 heavy (non-hydrogen) atoms. The topological polar surface area (TPSA) is 110 Å². The molecule has 0 fully saturated rings. The Bertz CT molecular complexity index is 1110. The van der Waals surface area contributed by atoms with Gasteiger partial charge in [-0.15, -0.1) is 10.2 Å². The third-order valence-corrected chi connectivity index (χ3v) is 6.62. The second-order valence-corrected chi connectivity index (χ2v) is 9.56. The van der Waals surface area contributed by atoms with Crippen LogP contribution in [0.5, 0.6) is 5.75 Å². The molecule has 3 aromatic rings. The van der Waals surface area contributed by atoms with Crippen LogP contribution in [0.3, 0.4) is 0 Å². The zero-order chi connectivity index (χ0) is 21.7. The van der Waals surface area contributed by atoms with Crippen LogP contribution in [0.15, 0.2) is 53.4 Å². The minimum absolute atomic E-state index is 0.0538. The molecule has 0 saturated heterocycles. The van der Waals surface area contributed by atoms with Gasteiger partial charge in [0.25, 0.3) is 5.91 Å². The van der Waals surface area contributed by atoms with Crippen LogP contribution in [0.1, 0.15) is 40.1 Å². The van der Waals surface area contributed by atoms with Crippen LogP contribution in [-0.4, -0.2) is 31.6 Å². The summed E-state index contributed by atoms with van der Waals surface area (Å²) in [6.45, 7) is 4.03. The maximum absolute atomic E-state index is 12.5. The van der Waals surface area contributed by atoms with E-state index in [1.165, 1.54) is 0 Å². The first-order chi connectivity index (χ1) is 14.3. The van der Waals surface area contributed by atoms with E-state index in [2.05, 4.69) is 20.2 Å². The van der Waals surface area contributed by atoms with Crippen molar-refractivity contribution in [2.75, 3.05) is 12.4 Å². The molecule has 1 aromatic heterocycles. The summed E-state index contributed by atoms with van der Waals surface area (Å²) in [5.41, 5.74) is 1.65. The molecule has 0 spiro atoms. The van der Waals surface area contributed by atoms with Crippen molar-refractivity contribution in [3.8, 4) is 5.75 Å². The van der Waals surface area contributed by atoms with E-state index in [0.717, 1.165) is 16.9 Å². The molecule has 0 atom stereocenters. The molecule has 0 bridgehead atoms. The van der Waals surface area contributed by atoms with Crippen LogP contribution in [0.2, 0.25) is 0 Å². The third-order valence-electron chi connectivity index (χ3n) is 4.28. The number of amides is 1. The molecule has 0 aliphatic rings. The summed E-state index contributed by atoms with van der Waals surface area (Å²) in [6, 6.07) is 13.6. The Morgan fingerprint density at radius 2 is 1.73 bits per heavy atom. The molecule has 2 N–H and O–H groups in total. The van der Waals surface area contributed by atoms with Gasteiger partial charge in [0.2, 0.25) is 15.0 Å². The van der Waals surface area contributed by atoms with Gasteiger partial charge in [-0.2, -0.15) is 0 Å². The van der Waals surface area contributed by atoms with Gasteiger partial charge in [-0.1, -0.05) is 37.3 Å². The van der Waals surface area contributed by atoms with E-state index in [-0.39, 0.29) is 16.4 Å². The van der Waals surface area contributed by atoms with Gasteiger partial charge in [0.15, 0.2) is 0 Å². The summed E-state index contributed by atoms with van der Waals surface area (Å²) in [4.78, 5) is 12.5. The van der Waals surface area contributed by atoms with Gasteiger partial charge < -0.3 is 10.1 Å². The molecular weight excluding hydrogens is 424 g/mol. The Morgan fingerprint density at radius 3 is 2.33 bits per heavy atom. The first kappa shape index (κ1) is 21.9. The van der Waals surface area contributed by atoms with Crippen LogP contribution >= 0.6 is 11.3 Å². The van der Waals surface area contributed by atoms with E-state index >= 15 is 0 Å². The first-order valence-corrected chi connectivity index (χ1v) is 11.5. The molecule has 0 radical (unpaired) electrons. The van der Waals surface area contributed by atoms with Crippen molar-refractivity contribution in [3.05, 3.63) is 64.1 Å². The Balaban J connectivity index is 1.61. The predicted molar refractivity (Wildman–Crippen MR) is 115 cm³/mol. The molecule has 3 rings (SSSR count). The van der Waals surface area contributed by atoms with Gasteiger partial charge in [-0.3, -0.25) is 4.79 Å². The number of anilines is 1. The molecular formula is C20H22N4O4S2. The standard InChI is InChI=1S/C20H22N4O4S2/c1-13(2)14-4-10-17(11-5-14)30(26,27)21-12-18-23-24-20(29-18)19(25)22-15-6-8-16(28-3)9-7-15/h4-11,13,21H,12H2,1-3H3,(H,22,25). The lowest BCUT2D eigenvalue weighted by Gasteiger charge is -2.08. The van der Waals surface area contributed by atoms with Crippen molar-refractivity contribution in [1.29, 1.82) is 0 Å². The smallest absolute Gasteiger partial charge is 0.286 e. The number of sulfonamides is 1. The monoisotopic (exact) mass is 446 g/mol. The molecule has 0 aliphatic heterocycles. The number of methoxy groups -OCH3 is 1. The summed E-state index contributed by atoms with van der Waals surface area (Å²) >= 11 is 1.02. The minimum atomic E-state index is -3.69. The number of aromatic nitrogens is 2. The summed E-state index contributed by atoms with van der Waals surface area (Å²) in [7, 11) is -2.13. The summed E-state index contributed by atoms with van der Waals surface area (Å²) < 4.78 is 32.5. The lowest BCUT2D eigenvalue weighted by atomic mass is 10.0.